The normalized spacial score (nSPS) is 23.3. The third kappa shape index (κ3) is 3.16. The van der Waals surface area contributed by atoms with Crippen LogP contribution in [-0.2, 0) is 14.3 Å². The molecule has 2 saturated heterocycles. The lowest BCUT2D eigenvalue weighted by Crippen LogP contribution is -2.53. The molecule has 1 aromatic carbocycles. The SMILES string of the molecule is Cc1ccc(N2CCC(NC(=O)C3(CN)CCOCC3)C2=O)cc1. The van der Waals surface area contributed by atoms with E-state index >= 15 is 0 Å². The molecule has 2 aliphatic rings. The average molecular weight is 331 g/mol. The molecule has 130 valence electrons. The van der Waals surface area contributed by atoms with Crippen LogP contribution in [0, 0.1) is 12.3 Å². The number of aryl methyl sites for hydroxylation is 1. The first-order valence-corrected chi connectivity index (χ1v) is 8.52. The number of amides is 2. The Labute approximate surface area is 142 Å². The number of benzene rings is 1. The fraction of sp³-hybridized carbons (Fsp3) is 0.556. The quantitative estimate of drug-likeness (QED) is 0.861. The molecule has 6 nitrogen and oxygen atoms in total. The number of carbonyl (C=O) groups excluding carboxylic acids is 2. The summed E-state index contributed by atoms with van der Waals surface area (Å²) in [5.74, 6) is -0.163. The molecule has 24 heavy (non-hydrogen) atoms. The molecule has 3 rings (SSSR count). The van der Waals surface area contributed by atoms with Crippen LogP contribution in [-0.4, -0.2) is 44.2 Å². The lowest BCUT2D eigenvalue weighted by atomic mass is 9.79. The Balaban J connectivity index is 1.67. The van der Waals surface area contributed by atoms with Crippen molar-refractivity contribution in [2.75, 3.05) is 31.2 Å². The van der Waals surface area contributed by atoms with Crippen molar-refractivity contribution in [3.8, 4) is 0 Å². The van der Waals surface area contributed by atoms with E-state index < -0.39 is 11.5 Å². The minimum atomic E-state index is -0.601. The average Bonchev–Trinajstić information content (AvgIpc) is 2.97. The van der Waals surface area contributed by atoms with Crippen molar-refractivity contribution in [2.24, 2.45) is 11.1 Å². The van der Waals surface area contributed by atoms with Gasteiger partial charge in [0.1, 0.15) is 6.04 Å². The summed E-state index contributed by atoms with van der Waals surface area (Å²) < 4.78 is 5.34. The third-order valence-electron chi connectivity index (χ3n) is 5.18. The van der Waals surface area contributed by atoms with Gasteiger partial charge in [0.05, 0.1) is 5.41 Å². The first-order valence-electron chi connectivity index (χ1n) is 8.52. The summed E-state index contributed by atoms with van der Waals surface area (Å²) in [6, 6.07) is 7.39. The second kappa shape index (κ2) is 6.91. The molecule has 3 N–H and O–H groups in total. The second-order valence-electron chi connectivity index (χ2n) is 6.74. The van der Waals surface area contributed by atoms with Crippen molar-refractivity contribution < 1.29 is 14.3 Å². The first kappa shape index (κ1) is 16.9. The topological polar surface area (TPSA) is 84.7 Å². The maximum atomic E-state index is 12.7. The number of hydrogen-bond donors (Lipinski definition) is 2. The van der Waals surface area contributed by atoms with E-state index in [1.165, 1.54) is 0 Å². The molecule has 1 unspecified atom stereocenters. The molecule has 0 spiro atoms. The minimum Gasteiger partial charge on any atom is -0.381 e. The zero-order valence-electron chi connectivity index (χ0n) is 14.1. The Morgan fingerprint density at radius 2 is 2.00 bits per heavy atom. The van der Waals surface area contributed by atoms with E-state index in [0.29, 0.717) is 39.0 Å². The smallest absolute Gasteiger partial charge is 0.249 e. The van der Waals surface area contributed by atoms with Gasteiger partial charge >= 0.3 is 0 Å². The van der Waals surface area contributed by atoms with Crippen LogP contribution < -0.4 is 16.0 Å². The Morgan fingerprint density at radius 3 is 2.62 bits per heavy atom. The summed E-state index contributed by atoms with van der Waals surface area (Å²) in [6.07, 6.45) is 1.84. The Hall–Kier alpha value is -1.92. The maximum absolute atomic E-state index is 12.7. The molecule has 6 heteroatoms. The van der Waals surface area contributed by atoms with Gasteiger partial charge < -0.3 is 20.7 Å². The van der Waals surface area contributed by atoms with Crippen LogP contribution in [0.1, 0.15) is 24.8 Å². The van der Waals surface area contributed by atoms with Crippen LogP contribution in [0.15, 0.2) is 24.3 Å². The number of rotatable bonds is 4. The van der Waals surface area contributed by atoms with E-state index in [1.807, 2.05) is 31.2 Å². The molecule has 0 radical (unpaired) electrons. The maximum Gasteiger partial charge on any atom is 0.249 e. The van der Waals surface area contributed by atoms with Crippen molar-refractivity contribution in [3.63, 3.8) is 0 Å². The van der Waals surface area contributed by atoms with Gasteiger partial charge in [0.15, 0.2) is 0 Å². The molecule has 2 amide bonds. The van der Waals surface area contributed by atoms with E-state index in [4.69, 9.17) is 10.5 Å². The zero-order chi connectivity index (χ0) is 17.2. The molecule has 0 saturated carbocycles. The third-order valence-corrected chi connectivity index (χ3v) is 5.18. The monoisotopic (exact) mass is 331 g/mol. The lowest BCUT2D eigenvalue weighted by molar-refractivity contribution is -0.138. The summed E-state index contributed by atoms with van der Waals surface area (Å²) in [5.41, 5.74) is 7.30. The van der Waals surface area contributed by atoms with Crippen LogP contribution >= 0.6 is 0 Å². The highest BCUT2D eigenvalue weighted by Crippen LogP contribution is 2.30. The summed E-state index contributed by atoms with van der Waals surface area (Å²) in [4.78, 5) is 27.1. The van der Waals surface area contributed by atoms with Gasteiger partial charge in [-0.25, -0.2) is 0 Å². The van der Waals surface area contributed by atoms with Gasteiger partial charge in [0.25, 0.3) is 0 Å². The van der Waals surface area contributed by atoms with Crippen molar-refractivity contribution in [1.29, 1.82) is 0 Å². The number of hydrogen-bond acceptors (Lipinski definition) is 4. The predicted molar refractivity (Wildman–Crippen MR) is 91.6 cm³/mol. The molecular formula is C18H25N3O3. The number of ether oxygens (including phenoxy) is 1. The number of carbonyl (C=O) groups is 2. The van der Waals surface area contributed by atoms with Crippen molar-refractivity contribution >= 4 is 17.5 Å². The highest BCUT2D eigenvalue weighted by Gasteiger charge is 2.42. The predicted octanol–water partition coefficient (Wildman–Crippen LogP) is 0.972. The van der Waals surface area contributed by atoms with Crippen LogP contribution in [0.2, 0.25) is 0 Å². The summed E-state index contributed by atoms with van der Waals surface area (Å²) >= 11 is 0. The van der Waals surface area contributed by atoms with E-state index in [1.54, 1.807) is 4.90 Å². The molecule has 0 aliphatic carbocycles. The number of nitrogens with two attached hydrogens (primary N) is 1. The second-order valence-corrected chi connectivity index (χ2v) is 6.74. The zero-order valence-corrected chi connectivity index (χ0v) is 14.1. The highest BCUT2D eigenvalue weighted by molar-refractivity contribution is 6.01. The van der Waals surface area contributed by atoms with E-state index in [2.05, 4.69) is 5.32 Å². The number of nitrogens with zero attached hydrogens (tertiary/aromatic N) is 1. The fourth-order valence-corrected chi connectivity index (χ4v) is 3.39. The summed E-state index contributed by atoms with van der Waals surface area (Å²) in [5, 5.41) is 2.94. The standard InChI is InChI=1S/C18H25N3O3/c1-13-2-4-14(5-3-13)21-9-6-15(16(21)22)20-17(23)18(12-19)7-10-24-11-8-18/h2-5,15H,6-12,19H2,1H3,(H,20,23). The Bertz CT molecular complexity index is 608. The van der Waals surface area contributed by atoms with E-state index in [0.717, 1.165) is 11.3 Å². The minimum absolute atomic E-state index is 0.0496. The molecular weight excluding hydrogens is 306 g/mol. The first-order chi connectivity index (χ1) is 11.6. The van der Waals surface area contributed by atoms with Crippen molar-refractivity contribution in [3.05, 3.63) is 29.8 Å². The molecule has 1 atom stereocenters. The van der Waals surface area contributed by atoms with Crippen LogP contribution in [0.5, 0.6) is 0 Å². The van der Waals surface area contributed by atoms with Crippen molar-refractivity contribution in [1.82, 2.24) is 5.32 Å². The summed E-state index contributed by atoms with van der Waals surface area (Å²) in [6.45, 7) is 3.99. The molecule has 0 bridgehead atoms. The molecule has 1 aromatic rings. The van der Waals surface area contributed by atoms with Crippen molar-refractivity contribution in [2.45, 2.75) is 32.2 Å². The van der Waals surface area contributed by atoms with E-state index in [9.17, 15) is 9.59 Å². The van der Waals surface area contributed by atoms with Gasteiger partial charge in [-0.2, -0.15) is 0 Å². The molecule has 2 aliphatic heterocycles. The molecule has 0 aromatic heterocycles. The number of anilines is 1. The van der Waals surface area contributed by atoms with Crippen LogP contribution in [0.3, 0.4) is 0 Å². The molecule has 2 heterocycles. The van der Waals surface area contributed by atoms with Gasteiger partial charge in [0.2, 0.25) is 11.8 Å². The lowest BCUT2D eigenvalue weighted by Gasteiger charge is -2.35. The number of nitrogens with one attached hydrogen (secondary N) is 1. The van der Waals surface area contributed by atoms with Crippen LogP contribution in [0.25, 0.3) is 0 Å². The Kier molecular flexibility index (Phi) is 4.87. The van der Waals surface area contributed by atoms with Gasteiger partial charge in [-0.3, -0.25) is 9.59 Å². The fourth-order valence-electron chi connectivity index (χ4n) is 3.39. The van der Waals surface area contributed by atoms with Gasteiger partial charge in [0, 0.05) is 32.0 Å². The summed E-state index contributed by atoms with van der Waals surface area (Å²) in [7, 11) is 0. The Morgan fingerprint density at radius 1 is 1.33 bits per heavy atom. The van der Waals surface area contributed by atoms with Gasteiger partial charge in [-0.05, 0) is 38.3 Å². The van der Waals surface area contributed by atoms with E-state index in [-0.39, 0.29) is 18.4 Å². The largest absolute Gasteiger partial charge is 0.381 e. The van der Waals surface area contributed by atoms with Gasteiger partial charge in [-0.15, -0.1) is 0 Å². The molecule has 2 fully saturated rings. The highest BCUT2D eigenvalue weighted by atomic mass is 16.5. The van der Waals surface area contributed by atoms with Crippen LogP contribution in [0.4, 0.5) is 5.69 Å². The van der Waals surface area contributed by atoms with Gasteiger partial charge in [-0.1, -0.05) is 17.7 Å².